The maximum absolute atomic E-state index is 11.9. The molecule has 2 aliphatic rings. The quantitative estimate of drug-likeness (QED) is 0.716. The first-order chi connectivity index (χ1) is 9.67. The van der Waals surface area contributed by atoms with Gasteiger partial charge in [-0.25, -0.2) is 0 Å². The lowest BCUT2D eigenvalue weighted by atomic mass is 9.95. The maximum atomic E-state index is 11.9. The van der Waals surface area contributed by atoms with Gasteiger partial charge in [-0.15, -0.1) is 11.8 Å². The van der Waals surface area contributed by atoms with Gasteiger partial charge in [0.15, 0.2) is 0 Å². The van der Waals surface area contributed by atoms with Gasteiger partial charge in [0, 0.05) is 18.5 Å². The van der Waals surface area contributed by atoms with Crippen LogP contribution in [0.15, 0.2) is 0 Å². The predicted molar refractivity (Wildman–Crippen MR) is 81.2 cm³/mol. The summed E-state index contributed by atoms with van der Waals surface area (Å²) in [6.07, 6.45) is 7.39. The Bertz CT molecular complexity index is 345. The zero-order valence-corrected chi connectivity index (χ0v) is 12.9. The molecular formula is C14H25N3O2S. The van der Waals surface area contributed by atoms with Crippen LogP contribution in [0.1, 0.15) is 51.9 Å². The molecule has 1 saturated carbocycles. The van der Waals surface area contributed by atoms with Crippen molar-refractivity contribution in [3.63, 3.8) is 0 Å². The molecule has 0 aromatic carbocycles. The van der Waals surface area contributed by atoms with Gasteiger partial charge in [0.25, 0.3) is 0 Å². The number of thioether (sulfide) groups is 1. The third kappa shape index (κ3) is 4.98. The number of carbonyl (C=O) groups excluding carboxylic acids is 2. The maximum Gasteiger partial charge on any atom is 0.230 e. The molecule has 1 aliphatic carbocycles. The largest absolute Gasteiger partial charge is 0.353 e. The Balaban J connectivity index is 1.68. The van der Waals surface area contributed by atoms with Crippen LogP contribution in [0.4, 0.5) is 0 Å². The van der Waals surface area contributed by atoms with E-state index in [2.05, 4.69) is 22.9 Å². The van der Waals surface area contributed by atoms with E-state index in [9.17, 15) is 9.59 Å². The van der Waals surface area contributed by atoms with Crippen molar-refractivity contribution in [2.75, 3.05) is 5.75 Å². The number of carbonyl (C=O) groups is 2. The van der Waals surface area contributed by atoms with Gasteiger partial charge in [-0.05, 0) is 19.3 Å². The third-order valence-electron chi connectivity index (χ3n) is 3.96. The second-order valence-electron chi connectivity index (χ2n) is 5.64. The summed E-state index contributed by atoms with van der Waals surface area (Å²) in [6.45, 7) is 2.06. The molecule has 2 rings (SSSR count). The molecule has 0 radical (unpaired) electrons. The van der Waals surface area contributed by atoms with Gasteiger partial charge >= 0.3 is 0 Å². The van der Waals surface area contributed by atoms with Gasteiger partial charge < -0.3 is 10.6 Å². The molecule has 20 heavy (non-hydrogen) atoms. The summed E-state index contributed by atoms with van der Waals surface area (Å²) in [5.74, 6) is 0.544. The lowest BCUT2D eigenvalue weighted by molar-refractivity contribution is -0.123. The fourth-order valence-electron chi connectivity index (χ4n) is 2.77. The SMILES string of the molecule is CCC1CC(=O)NC(SCC(=O)NC2CCCCC2)N1. The van der Waals surface area contributed by atoms with Crippen molar-refractivity contribution >= 4 is 23.6 Å². The molecule has 0 aromatic heterocycles. The Morgan fingerprint density at radius 1 is 1.35 bits per heavy atom. The normalized spacial score (nSPS) is 27.9. The van der Waals surface area contributed by atoms with Gasteiger partial charge in [0.05, 0.1) is 5.75 Å². The van der Waals surface area contributed by atoms with Crippen molar-refractivity contribution in [3.8, 4) is 0 Å². The van der Waals surface area contributed by atoms with E-state index < -0.39 is 0 Å². The Kier molecular flexibility index (Phi) is 6.16. The molecule has 2 fully saturated rings. The van der Waals surface area contributed by atoms with Crippen LogP contribution in [0.5, 0.6) is 0 Å². The molecule has 2 atom stereocenters. The zero-order chi connectivity index (χ0) is 14.4. The highest BCUT2D eigenvalue weighted by atomic mass is 32.2. The van der Waals surface area contributed by atoms with Crippen LogP contribution in [-0.4, -0.2) is 35.1 Å². The highest BCUT2D eigenvalue weighted by molar-refractivity contribution is 8.00. The second-order valence-corrected chi connectivity index (χ2v) is 6.73. The van der Waals surface area contributed by atoms with Crippen LogP contribution in [0.3, 0.4) is 0 Å². The lowest BCUT2D eigenvalue weighted by Crippen LogP contribution is -2.54. The smallest absolute Gasteiger partial charge is 0.230 e. The topological polar surface area (TPSA) is 70.2 Å². The third-order valence-corrected chi connectivity index (χ3v) is 4.97. The van der Waals surface area contributed by atoms with Gasteiger partial charge in [-0.3, -0.25) is 14.9 Å². The minimum Gasteiger partial charge on any atom is -0.353 e. The average Bonchev–Trinajstić information content (AvgIpc) is 2.45. The van der Waals surface area contributed by atoms with E-state index in [1.165, 1.54) is 31.0 Å². The molecule has 0 bridgehead atoms. The standard InChI is InChI=1S/C14H25N3O2S/c1-2-10-8-12(18)17-14(16-10)20-9-13(19)15-11-6-4-3-5-7-11/h10-11,14,16H,2-9H2,1H3,(H,15,19)(H,17,18). The van der Waals surface area contributed by atoms with Crippen LogP contribution in [0.2, 0.25) is 0 Å². The van der Waals surface area contributed by atoms with Crippen LogP contribution in [0, 0.1) is 0 Å². The molecule has 2 unspecified atom stereocenters. The first-order valence-corrected chi connectivity index (χ1v) is 8.68. The Morgan fingerprint density at radius 3 is 2.80 bits per heavy atom. The molecule has 1 saturated heterocycles. The molecule has 6 heteroatoms. The molecule has 0 aromatic rings. The molecular weight excluding hydrogens is 274 g/mol. The second kappa shape index (κ2) is 7.88. The van der Waals surface area contributed by atoms with Crippen LogP contribution < -0.4 is 16.0 Å². The minimum atomic E-state index is -0.140. The summed E-state index contributed by atoms with van der Waals surface area (Å²) in [5.41, 5.74) is -0.140. The summed E-state index contributed by atoms with van der Waals surface area (Å²) < 4.78 is 0. The fraction of sp³-hybridized carbons (Fsp3) is 0.857. The Hall–Kier alpha value is -0.750. The van der Waals surface area contributed by atoms with Crippen LogP contribution >= 0.6 is 11.8 Å². The summed E-state index contributed by atoms with van der Waals surface area (Å²) in [7, 11) is 0. The van der Waals surface area contributed by atoms with Gasteiger partial charge in [-0.1, -0.05) is 26.2 Å². The summed E-state index contributed by atoms with van der Waals surface area (Å²) in [6, 6.07) is 0.580. The number of amides is 2. The van der Waals surface area contributed by atoms with E-state index in [-0.39, 0.29) is 23.4 Å². The highest BCUT2D eigenvalue weighted by Crippen LogP contribution is 2.18. The monoisotopic (exact) mass is 299 g/mol. The number of hydrogen-bond donors (Lipinski definition) is 3. The molecule has 114 valence electrons. The minimum absolute atomic E-state index is 0.0702. The van der Waals surface area contributed by atoms with Crippen molar-refractivity contribution < 1.29 is 9.59 Å². The summed E-state index contributed by atoms with van der Waals surface area (Å²) in [5, 5.41) is 9.31. The molecule has 2 amide bonds. The van der Waals surface area contributed by atoms with Crippen molar-refractivity contribution in [1.29, 1.82) is 0 Å². The van der Waals surface area contributed by atoms with Crippen LogP contribution in [-0.2, 0) is 9.59 Å². The molecule has 0 spiro atoms. The first kappa shape index (κ1) is 15.6. The van der Waals surface area contributed by atoms with Crippen molar-refractivity contribution in [1.82, 2.24) is 16.0 Å². The van der Waals surface area contributed by atoms with Gasteiger partial charge in [0.2, 0.25) is 11.8 Å². The zero-order valence-electron chi connectivity index (χ0n) is 12.1. The summed E-state index contributed by atoms with van der Waals surface area (Å²) >= 11 is 1.46. The number of nitrogens with one attached hydrogen (secondary N) is 3. The molecule has 3 N–H and O–H groups in total. The van der Waals surface area contributed by atoms with Gasteiger partial charge in [0.1, 0.15) is 5.50 Å². The fourth-order valence-corrected chi connectivity index (χ4v) is 3.68. The number of rotatable bonds is 5. The average molecular weight is 299 g/mol. The van der Waals surface area contributed by atoms with Crippen molar-refractivity contribution in [2.24, 2.45) is 0 Å². The van der Waals surface area contributed by atoms with Crippen molar-refractivity contribution in [2.45, 2.75) is 69.5 Å². The van der Waals surface area contributed by atoms with Crippen molar-refractivity contribution in [3.05, 3.63) is 0 Å². The van der Waals surface area contributed by atoms with E-state index in [1.807, 2.05) is 0 Å². The molecule has 5 nitrogen and oxygen atoms in total. The van der Waals surface area contributed by atoms with E-state index in [1.54, 1.807) is 0 Å². The highest BCUT2D eigenvalue weighted by Gasteiger charge is 2.25. The molecule has 1 heterocycles. The first-order valence-electron chi connectivity index (χ1n) is 7.63. The lowest BCUT2D eigenvalue weighted by Gasteiger charge is -2.30. The van der Waals surface area contributed by atoms with E-state index >= 15 is 0 Å². The number of hydrogen-bond acceptors (Lipinski definition) is 4. The van der Waals surface area contributed by atoms with Crippen LogP contribution in [0.25, 0.3) is 0 Å². The summed E-state index contributed by atoms with van der Waals surface area (Å²) in [4.78, 5) is 23.5. The van der Waals surface area contributed by atoms with E-state index in [4.69, 9.17) is 0 Å². The van der Waals surface area contributed by atoms with Gasteiger partial charge in [-0.2, -0.15) is 0 Å². The Morgan fingerprint density at radius 2 is 2.10 bits per heavy atom. The Labute approximate surface area is 125 Å². The van der Waals surface area contributed by atoms with E-state index in [0.29, 0.717) is 18.2 Å². The predicted octanol–water partition coefficient (Wildman–Crippen LogP) is 1.34. The van der Waals surface area contributed by atoms with E-state index in [0.717, 1.165) is 19.3 Å². The molecule has 1 aliphatic heterocycles.